The summed E-state index contributed by atoms with van der Waals surface area (Å²) in [6.45, 7) is 1.52. The first-order chi connectivity index (χ1) is 9.19. The minimum atomic E-state index is -0.0859. The van der Waals surface area contributed by atoms with Crippen molar-refractivity contribution in [1.82, 2.24) is 10.2 Å². The molecular weight excluding hydrogens is 246 g/mol. The zero-order valence-electron chi connectivity index (χ0n) is 11.2. The van der Waals surface area contributed by atoms with Crippen molar-refractivity contribution in [2.75, 3.05) is 33.9 Å². The summed E-state index contributed by atoms with van der Waals surface area (Å²) in [6, 6.07) is 5.51. The van der Waals surface area contributed by atoms with E-state index in [1.54, 1.807) is 25.2 Å². The van der Waals surface area contributed by atoms with Crippen molar-refractivity contribution in [2.24, 2.45) is 5.73 Å². The number of benzene rings is 1. The number of urea groups is 1. The molecule has 2 rings (SSSR count). The second-order valence-electron chi connectivity index (χ2n) is 4.33. The third kappa shape index (κ3) is 2.73. The van der Waals surface area contributed by atoms with E-state index in [-0.39, 0.29) is 12.1 Å². The molecule has 19 heavy (non-hydrogen) atoms. The highest BCUT2D eigenvalue weighted by atomic mass is 16.5. The van der Waals surface area contributed by atoms with Gasteiger partial charge in [-0.3, -0.25) is 0 Å². The van der Waals surface area contributed by atoms with Crippen molar-refractivity contribution in [3.05, 3.63) is 23.8 Å². The number of nitrogens with two attached hydrogens (primary N) is 1. The molecule has 104 valence electrons. The molecule has 6 nitrogen and oxygen atoms in total. The standard InChI is InChI=1S/C13H19N3O3/c1-18-10-5-9(6-11(7-10)19-2)12-8-15-13(17)16(12)4-3-14/h5-7,12H,3-4,8,14H2,1-2H3,(H,15,17). The second kappa shape index (κ2) is 5.79. The van der Waals surface area contributed by atoms with Gasteiger partial charge in [0.25, 0.3) is 0 Å². The Bertz CT molecular complexity index is 442. The molecule has 0 saturated carbocycles. The van der Waals surface area contributed by atoms with Crippen LogP contribution in [0.25, 0.3) is 0 Å². The van der Waals surface area contributed by atoms with Gasteiger partial charge in [-0.05, 0) is 17.7 Å². The van der Waals surface area contributed by atoms with Crippen LogP contribution in [0.4, 0.5) is 4.79 Å². The number of ether oxygens (including phenoxy) is 2. The predicted octanol–water partition coefficient (Wildman–Crippen LogP) is 0.729. The van der Waals surface area contributed by atoms with E-state index in [9.17, 15) is 4.79 Å². The van der Waals surface area contributed by atoms with E-state index in [1.165, 1.54) is 0 Å². The van der Waals surface area contributed by atoms with E-state index in [2.05, 4.69) is 5.32 Å². The summed E-state index contributed by atoms with van der Waals surface area (Å²) in [5.74, 6) is 1.42. The van der Waals surface area contributed by atoms with Gasteiger partial charge in [0.1, 0.15) is 11.5 Å². The van der Waals surface area contributed by atoms with E-state index in [0.29, 0.717) is 31.1 Å². The molecule has 1 aliphatic heterocycles. The molecule has 1 heterocycles. The summed E-state index contributed by atoms with van der Waals surface area (Å²) >= 11 is 0. The van der Waals surface area contributed by atoms with E-state index >= 15 is 0 Å². The van der Waals surface area contributed by atoms with Crippen molar-refractivity contribution in [3.8, 4) is 11.5 Å². The fourth-order valence-corrected chi connectivity index (χ4v) is 2.25. The van der Waals surface area contributed by atoms with Crippen LogP contribution in [0.5, 0.6) is 11.5 Å². The average molecular weight is 265 g/mol. The monoisotopic (exact) mass is 265 g/mol. The Kier molecular flexibility index (Phi) is 4.11. The lowest BCUT2D eigenvalue weighted by atomic mass is 10.1. The first-order valence-corrected chi connectivity index (χ1v) is 6.17. The molecule has 1 atom stereocenters. The van der Waals surface area contributed by atoms with Gasteiger partial charge in [0.2, 0.25) is 0 Å². The molecule has 2 amide bonds. The Morgan fingerprint density at radius 3 is 2.47 bits per heavy atom. The molecule has 3 N–H and O–H groups in total. The second-order valence-corrected chi connectivity index (χ2v) is 4.33. The number of hydrogen-bond acceptors (Lipinski definition) is 4. The number of carbonyl (C=O) groups is 1. The first kappa shape index (κ1) is 13.5. The molecule has 0 aliphatic carbocycles. The van der Waals surface area contributed by atoms with Crippen molar-refractivity contribution < 1.29 is 14.3 Å². The number of carbonyl (C=O) groups excluding carboxylic acids is 1. The molecule has 0 radical (unpaired) electrons. The zero-order valence-corrected chi connectivity index (χ0v) is 11.2. The first-order valence-electron chi connectivity index (χ1n) is 6.17. The van der Waals surface area contributed by atoms with E-state index in [1.807, 2.05) is 12.1 Å². The predicted molar refractivity (Wildman–Crippen MR) is 71.4 cm³/mol. The van der Waals surface area contributed by atoms with Gasteiger partial charge >= 0.3 is 6.03 Å². The van der Waals surface area contributed by atoms with Gasteiger partial charge in [-0.2, -0.15) is 0 Å². The van der Waals surface area contributed by atoms with Crippen molar-refractivity contribution in [3.63, 3.8) is 0 Å². The topological polar surface area (TPSA) is 76.8 Å². The Balaban J connectivity index is 2.31. The number of methoxy groups -OCH3 is 2. The normalized spacial score (nSPS) is 18.4. The maximum atomic E-state index is 11.8. The van der Waals surface area contributed by atoms with E-state index < -0.39 is 0 Å². The summed E-state index contributed by atoms with van der Waals surface area (Å²) in [5.41, 5.74) is 6.53. The molecule has 1 aliphatic rings. The fourth-order valence-electron chi connectivity index (χ4n) is 2.25. The lowest BCUT2D eigenvalue weighted by molar-refractivity contribution is 0.205. The van der Waals surface area contributed by atoms with Gasteiger partial charge in [-0.25, -0.2) is 4.79 Å². The number of hydrogen-bond donors (Lipinski definition) is 2. The van der Waals surface area contributed by atoms with Gasteiger partial charge in [-0.15, -0.1) is 0 Å². The molecule has 6 heteroatoms. The molecule has 1 fully saturated rings. The van der Waals surface area contributed by atoms with Crippen molar-refractivity contribution >= 4 is 6.03 Å². The van der Waals surface area contributed by atoms with Gasteiger partial charge < -0.3 is 25.4 Å². The summed E-state index contributed by atoms with van der Waals surface area (Å²) in [4.78, 5) is 13.5. The summed E-state index contributed by atoms with van der Waals surface area (Å²) in [6.07, 6.45) is 0. The number of nitrogens with one attached hydrogen (secondary N) is 1. The Labute approximate surface area is 112 Å². The summed E-state index contributed by atoms with van der Waals surface area (Å²) in [5, 5.41) is 2.83. The van der Waals surface area contributed by atoms with E-state index in [0.717, 1.165) is 5.56 Å². The van der Waals surface area contributed by atoms with Crippen LogP contribution >= 0.6 is 0 Å². The highest BCUT2D eigenvalue weighted by molar-refractivity contribution is 5.77. The van der Waals surface area contributed by atoms with Crippen LogP contribution in [0.15, 0.2) is 18.2 Å². The van der Waals surface area contributed by atoms with Crippen LogP contribution in [-0.4, -0.2) is 44.8 Å². The summed E-state index contributed by atoms with van der Waals surface area (Å²) < 4.78 is 10.5. The van der Waals surface area contributed by atoms with Gasteiger partial charge in [0.05, 0.1) is 20.3 Å². The van der Waals surface area contributed by atoms with Crippen LogP contribution in [-0.2, 0) is 0 Å². The van der Waals surface area contributed by atoms with Gasteiger partial charge in [0.15, 0.2) is 0 Å². The summed E-state index contributed by atoms with van der Waals surface area (Å²) in [7, 11) is 3.21. The maximum Gasteiger partial charge on any atom is 0.318 e. The molecule has 1 aromatic rings. The Morgan fingerprint density at radius 2 is 1.95 bits per heavy atom. The molecule has 0 aromatic heterocycles. The zero-order chi connectivity index (χ0) is 13.8. The third-order valence-electron chi connectivity index (χ3n) is 3.21. The van der Waals surface area contributed by atoms with E-state index in [4.69, 9.17) is 15.2 Å². The maximum absolute atomic E-state index is 11.8. The third-order valence-corrected chi connectivity index (χ3v) is 3.21. The number of amides is 2. The number of nitrogens with zero attached hydrogens (tertiary/aromatic N) is 1. The fraction of sp³-hybridized carbons (Fsp3) is 0.462. The SMILES string of the molecule is COc1cc(OC)cc(C2CNC(=O)N2CCN)c1. The molecule has 0 bridgehead atoms. The minimum absolute atomic E-state index is 0.0416. The van der Waals surface area contributed by atoms with Crippen molar-refractivity contribution in [2.45, 2.75) is 6.04 Å². The quantitative estimate of drug-likeness (QED) is 0.823. The van der Waals surface area contributed by atoms with Crippen LogP contribution in [0.2, 0.25) is 0 Å². The van der Waals surface area contributed by atoms with Gasteiger partial charge in [0, 0.05) is 25.7 Å². The largest absolute Gasteiger partial charge is 0.497 e. The van der Waals surface area contributed by atoms with Gasteiger partial charge in [-0.1, -0.05) is 0 Å². The smallest absolute Gasteiger partial charge is 0.318 e. The van der Waals surface area contributed by atoms with Crippen LogP contribution in [0.1, 0.15) is 11.6 Å². The molecular formula is C13H19N3O3. The lowest BCUT2D eigenvalue weighted by Crippen LogP contribution is -2.34. The molecule has 1 aromatic carbocycles. The lowest BCUT2D eigenvalue weighted by Gasteiger charge is -2.23. The van der Waals surface area contributed by atoms with Crippen molar-refractivity contribution in [1.29, 1.82) is 0 Å². The highest BCUT2D eigenvalue weighted by Crippen LogP contribution is 2.31. The Hall–Kier alpha value is -1.95. The molecule has 1 unspecified atom stereocenters. The molecule has 1 saturated heterocycles. The highest BCUT2D eigenvalue weighted by Gasteiger charge is 2.31. The van der Waals surface area contributed by atoms with Crippen LogP contribution in [0.3, 0.4) is 0 Å². The number of rotatable bonds is 5. The minimum Gasteiger partial charge on any atom is -0.497 e. The average Bonchev–Trinajstić information content (AvgIpc) is 2.80. The van der Waals surface area contributed by atoms with Crippen LogP contribution in [0, 0.1) is 0 Å². The van der Waals surface area contributed by atoms with Crippen LogP contribution < -0.4 is 20.5 Å². The molecule has 0 spiro atoms. The Morgan fingerprint density at radius 1 is 1.32 bits per heavy atom.